The molecule has 0 unspecified atom stereocenters. The fourth-order valence-corrected chi connectivity index (χ4v) is 1.82. The number of carbonyl (C=O) groups excluding carboxylic acids is 1. The Kier molecular flexibility index (Phi) is 3.10. The van der Waals surface area contributed by atoms with Crippen molar-refractivity contribution >= 4 is 11.9 Å². The Bertz CT molecular complexity index is 542. The molecule has 1 N–H and O–H groups in total. The summed E-state index contributed by atoms with van der Waals surface area (Å²) in [4.78, 5) is 23.2. The predicted molar refractivity (Wildman–Crippen MR) is 57.7 cm³/mol. The molecular weight excluding hydrogens is 244 g/mol. The largest absolute Gasteiger partial charge is 0.465 e. The lowest BCUT2D eigenvalue weighted by Gasteiger charge is -2.28. The van der Waals surface area contributed by atoms with E-state index >= 15 is 0 Å². The highest BCUT2D eigenvalue weighted by molar-refractivity contribution is 5.92. The molecule has 4 nitrogen and oxygen atoms in total. The van der Waals surface area contributed by atoms with Crippen LogP contribution in [0.3, 0.4) is 0 Å². The van der Waals surface area contributed by atoms with Gasteiger partial charge in [-0.3, -0.25) is 9.69 Å². The topological polar surface area (TPSA) is 57.6 Å². The van der Waals surface area contributed by atoms with E-state index in [0.29, 0.717) is 0 Å². The minimum Gasteiger partial charge on any atom is -0.465 e. The van der Waals surface area contributed by atoms with Gasteiger partial charge < -0.3 is 5.11 Å². The van der Waals surface area contributed by atoms with Crippen molar-refractivity contribution in [2.24, 2.45) is 0 Å². The lowest BCUT2D eigenvalue weighted by Crippen LogP contribution is -2.33. The molecule has 1 aliphatic heterocycles. The van der Waals surface area contributed by atoms with E-state index in [1.54, 1.807) is 0 Å². The van der Waals surface area contributed by atoms with E-state index in [0.717, 1.165) is 29.3 Å². The molecule has 1 aromatic carbocycles. The zero-order chi connectivity index (χ0) is 13.3. The predicted octanol–water partition coefficient (Wildman–Crippen LogP) is 2.47. The van der Waals surface area contributed by atoms with Crippen LogP contribution in [0.25, 0.3) is 0 Å². The summed E-state index contributed by atoms with van der Waals surface area (Å²) in [5.41, 5.74) is 0.244. The van der Waals surface area contributed by atoms with E-state index in [9.17, 15) is 18.4 Å². The number of allylic oxidation sites excluding steroid dienone is 1. The van der Waals surface area contributed by atoms with Crippen LogP contribution in [-0.2, 0) is 4.79 Å². The number of ketones is 1. The van der Waals surface area contributed by atoms with Crippen LogP contribution in [-0.4, -0.2) is 21.9 Å². The van der Waals surface area contributed by atoms with E-state index in [1.807, 2.05) is 0 Å². The molecular formula is C12H9F2NO3. The minimum absolute atomic E-state index is 0.0894. The molecule has 6 heteroatoms. The van der Waals surface area contributed by atoms with E-state index < -0.39 is 23.8 Å². The number of rotatable bonds is 1. The maximum Gasteiger partial charge on any atom is 0.411 e. The Labute approximate surface area is 101 Å². The van der Waals surface area contributed by atoms with Crippen LogP contribution in [0.2, 0.25) is 0 Å². The summed E-state index contributed by atoms with van der Waals surface area (Å²) in [6.07, 6.45) is 0.923. The summed E-state index contributed by atoms with van der Waals surface area (Å²) in [5, 5.41) is 8.98. The maximum atomic E-state index is 13.1. The average Bonchev–Trinajstić information content (AvgIpc) is 2.32. The SMILES string of the molecule is O=C1C=CN(C(=O)O)[C@@H](c2ccc(F)c(F)c2)C1. The smallest absolute Gasteiger partial charge is 0.411 e. The number of nitrogens with zero attached hydrogens (tertiary/aromatic N) is 1. The normalized spacial score (nSPS) is 19.1. The van der Waals surface area contributed by atoms with E-state index in [-0.39, 0.29) is 17.8 Å². The number of hydrogen-bond donors (Lipinski definition) is 1. The third kappa shape index (κ3) is 2.22. The van der Waals surface area contributed by atoms with Gasteiger partial charge in [0, 0.05) is 12.6 Å². The van der Waals surface area contributed by atoms with E-state index in [4.69, 9.17) is 5.11 Å². The second-order valence-corrected chi connectivity index (χ2v) is 3.87. The highest BCUT2D eigenvalue weighted by Crippen LogP contribution is 2.29. The van der Waals surface area contributed by atoms with Crippen molar-refractivity contribution in [3.8, 4) is 0 Å². The number of carboxylic acid groups (broad SMARTS) is 1. The molecule has 0 fully saturated rings. The van der Waals surface area contributed by atoms with Gasteiger partial charge in [0.1, 0.15) is 0 Å². The van der Waals surface area contributed by atoms with Crippen LogP contribution >= 0.6 is 0 Å². The number of halogens is 2. The lowest BCUT2D eigenvalue weighted by atomic mass is 9.97. The Morgan fingerprint density at radius 1 is 1.33 bits per heavy atom. The van der Waals surface area contributed by atoms with Crippen LogP contribution in [0.15, 0.2) is 30.5 Å². The minimum atomic E-state index is -1.26. The highest BCUT2D eigenvalue weighted by Gasteiger charge is 2.28. The Morgan fingerprint density at radius 2 is 2.06 bits per heavy atom. The van der Waals surface area contributed by atoms with Crippen LogP contribution in [0, 0.1) is 11.6 Å². The van der Waals surface area contributed by atoms with Gasteiger partial charge in [0.05, 0.1) is 6.04 Å². The van der Waals surface area contributed by atoms with Gasteiger partial charge in [-0.15, -0.1) is 0 Å². The lowest BCUT2D eigenvalue weighted by molar-refractivity contribution is -0.116. The molecule has 18 heavy (non-hydrogen) atoms. The molecule has 1 atom stereocenters. The Morgan fingerprint density at radius 3 is 2.67 bits per heavy atom. The first-order valence-electron chi connectivity index (χ1n) is 5.16. The maximum absolute atomic E-state index is 13.1. The van der Waals surface area contributed by atoms with Crippen LogP contribution in [0.5, 0.6) is 0 Å². The standard InChI is InChI=1S/C12H9F2NO3/c13-9-2-1-7(5-10(9)14)11-6-8(16)3-4-15(11)12(17)18/h1-5,11H,6H2,(H,17,18)/t11-/m1/s1. The molecule has 0 aliphatic carbocycles. The first-order valence-corrected chi connectivity index (χ1v) is 5.16. The number of benzene rings is 1. The zero-order valence-electron chi connectivity index (χ0n) is 9.14. The first-order chi connectivity index (χ1) is 8.49. The molecule has 0 saturated heterocycles. The fraction of sp³-hybridized carbons (Fsp3) is 0.167. The summed E-state index contributed by atoms with van der Waals surface area (Å²) in [5.74, 6) is -2.35. The van der Waals surface area contributed by atoms with Gasteiger partial charge >= 0.3 is 6.09 Å². The summed E-state index contributed by atoms with van der Waals surface area (Å²) >= 11 is 0. The first kappa shape index (κ1) is 12.2. The summed E-state index contributed by atoms with van der Waals surface area (Å²) in [6.45, 7) is 0. The fourth-order valence-electron chi connectivity index (χ4n) is 1.82. The third-order valence-electron chi connectivity index (χ3n) is 2.70. The summed E-state index contributed by atoms with van der Waals surface area (Å²) in [6, 6.07) is 2.26. The van der Waals surface area contributed by atoms with E-state index in [1.165, 1.54) is 6.07 Å². The monoisotopic (exact) mass is 253 g/mol. The Balaban J connectivity index is 2.40. The van der Waals surface area contributed by atoms with Gasteiger partial charge in [0.25, 0.3) is 0 Å². The molecule has 0 saturated carbocycles. The molecule has 0 bridgehead atoms. The van der Waals surface area contributed by atoms with Crippen molar-refractivity contribution in [1.82, 2.24) is 4.90 Å². The summed E-state index contributed by atoms with van der Waals surface area (Å²) < 4.78 is 25.9. The Hall–Kier alpha value is -2.24. The third-order valence-corrected chi connectivity index (χ3v) is 2.70. The molecule has 1 aliphatic rings. The van der Waals surface area contributed by atoms with Gasteiger partial charge in [-0.1, -0.05) is 6.07 Å². The van der Waals surface area contributed by atoms with Crippen LogP contribution in [0.1, 0.15) is 18.0 Å². The molecule has 1 heterocycles. The van der Waals surface area contributed by atoms with Crippen molar-refractivity contribution in [2.75, 3.05) is 0 Å². The van der Waals surface area contributed by atoms with Gasteiger partial charge in [-0.25, -0.2) is 13.6 Å². The van der Waals surface area contributed by atoms with E-state index in [2.05, 4.69) is 0 Å². The van der Waals surface area contributed by atoms with Crippen molar-refractivity contribution in [1.29, 1.82) is 0 Å². The molecule has 0 radical (unpaired) electrons. The van der Waals surface area contributed by atoms with Gasteiger partial charge in [0.15, 0.2) is 17.4 Å². The summed E-state index contributed by atoms with van der Waals surface area (Å²) in [7, 11) is 0. The average molecular weight is 253 g/mol. The molecule has 94 valence electrons. The van der Waals surface area contributed by atoms with Crippen molar-refractivity contribution in [3.05, 3.63) is 47.7 Å². The molecule has 0 spiro atoms. The van der Waals surface area contributed by atoms with Crippen molar-refractivity contribution < 1.29 is 23.5 Å². The number of amides is 1. The second-order valence-electron chi connectivity index (χ2n) is 3.87. The zero-order valence-corrected chi connectivity index (χ0v) is 9.14. The van der Waals surface area contributed by atoms with Gasteiger partial charge in [-0.2, -0.15) is 0 Å². The van der Waals surface area contributed by atoms with Crippen molar-refractivity contribution in [3.63, 3.8) is 0 Å². The second kappa shape index (κ2) is 4.56. The van der Waals surface area contributed by atoms with Crippen LogP contribution in [0.4, 0.5) is 13.6 Å². The quantitative estimate of drug-likeness (QED) is 0.836. The molecule has 1 aromatic rings. The molecule has 2 rings (SSSR count). The molecule has 0 aromatic heterocycles. The van der Waals surface area contributed by atoms with Crippen LogP contribution < -0.4 is 0 Å². The highest BCUT2D eigenvalue weighted by atomic mass is 19.2. The van der Waals surface area contributed by atoms with Crippen molar-refractivity contribution in [2.45, 2.75) is 12.5 Å². The number of carbonyl (C=O) groups is 2. The number of hydrogen-bond acceptors (Lipinski definition) is 2. The molecule has 1 amide bonds. The van der Waals surface area contributed by atoms with Gasteiger partial charge in [0.2, 0.25) is 0 Å². The van der Waals surface area contributed by atoms with Gasteiger partial charge in [-0.05, 0) is 23.8 Å².